The SMILES string of the molecule is CC1(C)O[C@H]2CCC=C(C3CC3)[C@H]2O1. The lowest BCUT2D eigenvalue weighted by Gasteiger charge is -2.23. The van der Waals surface area contributed by atoms with Crippen LogP contribution in [0.1, 0.15) is 39.5 Å². The second-order valence-corrected chi connectivity index (χ2v) is 5.15. The average Bonchev–Trinajstić information content (AvgIpc) is 2.86. The minimum absolute atomic E-state index is 0.270. The number of fused-ring (bicyclic) bond motifs is 1. The maximum absolute atomic E-state index is 5.98. The van der Waals surface area contributed by atoms with Gasteiger partial charge in [0, 0.05) is 0 Å². The Morgan fingerprint density at radius 1 is 1.21 bits per heavy atom. The summed E-state index contributed by atoms with van der Waals surface area (Å²) < 4.78 is 11.9. The molecule has 0 aromatic heterocycles. The Morgan fingerprint density at radius 3 is 2.71 bits per heavy atom. The molecule has 2 aliphatic carbocycles. The van der Waals surface area contributed by atoms with Crippen LogP contribution in [-0.2, 0) is 9.47 Å². The lowest BCUT2D eigenvalue weighted by atomic mass is 9.91. The van der Waals surface area contributed by atoms with Crippen molar-refractivity contribution in [3.05, 3.63) is 11.6 Å². The van der Waals surface area contributed by atoms with E-state index in [-0.39, 0.29) is 11.9 Å². The summed E-state index contributed by atoms with van der Waals surface area (Å²) in [6, 6.07) is 0. The molecule has 0 N–H and O–H groups in total. The molecule has 0 spiro atoms. The normalized spacial score (nSPS) is 40.6. The van der Waals surface area contributed by atoms with Crippen molar-refractivity contribution < 1.29 is 9.47 Å². The van der Waals surface area contributed by atoms with Gasteiger partial charge in [-0.3, -0.25) is 0 Å². The van der Waals surface area contributed by atoms with Gasteiger partial charge in [-0.1, -0.05) is 6.08 Å². The molecule has 1 saturated heterocycles. The fraction of sp³-hybridized carbons (Fsp3) is 0.833. The Balaban J connectivity index is 1.84. The summed E-state index contributed by atoms with van der Waals surface area (Å²) in [7, 11) is 0. The summed E-state index contributed by atoms with van der Waals surface area (Å²) in [5.41, 5.74) is 1.53. The fourth-order valence-electron chi connectivity index (χ4n) is 2.67. The third-order valence-corrected chi connectivity index (χ3v) is 3.39. The molecule has 2 heteroatoms. The van der Waals surface area contributed by atoms with Crippen LogP contribution in [0.15, 0.2) is 11.6 Å². The molecule has 1 saturated carbocycles. The highest BCUT2D eigenvalue weighted by molar-refractivity contribution is 5.23. The quantitative estimate of drug-likeness (QED) is 0.597. The van der Waals surface area contributed by atoms with Crippen LogP contribution in [0.25, 0.3) is 0 Å². The Labute approximate surface area is 85.3 Å². The molecule has 3 rings (SSSR count). The summed E-state index contributed by atoms with van der Waals surface area (Å²) in [4.78, 5) is 0. The van der Waals surface area contributed by atoms with Crippen LogP contribution in [0.2, 0.25) is 0 Å². The molecule has 78 valence electrons. The second-order valence-electron chi connectivity index (χ2n) is 5.15. The molecular weight excluding hydrogens is 176 g/mol. The molecule has 2 nitrogen and oxygen atoms in total. The zero-order valence-electron chi connectivity index (χ0n) is 8.95. The van der Waals surface area contributed by atoms with Gasteiger partial charge < -0.3 is 9.47 Å². The van der Waals surface area contributed by atoms with Crippen LogP contribution < -0.4 is 0 Å². The highest BCUT2D eigenvalue weighted by Gasteiger charge is 2.47. The van der Waals surface area contributed by atoms with E-state index < -0.39 is 0 Å². The largest absolute Gasteiger partial charge is 0.344 e. The van der Waals surface area contributed by atoms with Crippen molar-refractivity contribution in [1.29, 1.82) is 0 Å². The second kappa shape index (κ2) is 2.83. The molecule has 0 bridgehead atoms. The van der Waals surface area contributed by atoms with Gasteiger partial charge in [0.2, 0.25) is 0 Å². The Morgan fingerprint density at radius 2 is 2.00 bits per heavy atom. The molecule has 3 aliphatic rings. The zero-order valence-corrected chi connectivity index (χ0v) is 8.95. The Hall–Kier alpha value is -0.340. The first-order valence-corrected chi connectivity index (χ1v) is 5.71. The van der Waals surface area contributed by atoms with Gasteiger partial charge in [-0.25, -0.2) is 0 Å². The first-order chi connectivity index (χ1) is 6.66. The van der Waals surface area contributed by atoms with Gasteiger partial charge in [0.1, 0.15) is 6.10 Å². The topological polar surface area (TPSA) is 18.5 Å². The van der Waals surface area contributed by atoms with Gasteiger partial charge in [0.15, 0.2) is 5.79 Å². The van der Waals surface area contributed by atoms with E-state index in [0.717, 1.165) is 12.3 Å². The predicted molar refractivity (Wildman–Crippen MR) is 53.9 cm³/mol. The Kier molecular flexibility index (Phi) is 1.80. The Bertz CT molecular complexity index is 276. The molecule has 2 atom stereocenters. The molecule has 1 aliphatic heterocycles. The third-order valence-electron chi connectivity index (χ3n) is 3.39. The molecule has 0 aromatic rings. The van der Waals surface area contributed by atoms with E-state index in [1.807, 2.05) is 13.8 Å². The van der Waals surface area contributed by atoms with Gasteiger partial charge >= 0.3 is 0 Å². The molecule has 2 fully saturated rings. The van der Waals surface area contributed by atoms with Crippen LogP contribution >= 0.6 is 0 Å². The smallest absolute Gasteiger partial charge is 0.164 e. The standard InChI is InChI=1S/C12H18O2/c1-12(2)13-10-5-3-4-9(8-6-7-8)11(10)14-12/h4,8,10-11H,3,5-7H2,1-2H3/t10-,11+/m0/s1. The van der Waals surface area contributed by atoms with Crippen molar-refractivity contribution in [2.75, 3.05) is 0 Å². The number of hydrogen-bond acceptors (Lipinski definition) is 2. The number of allylic oxidation sites excluding steroid dienone is 1. The first-order valence-electron chi connectivity index (χ1n) is 5.71. The van der Waals surface area contributed by atoms with E-state index in [9.17, 15) is 0 Å². The first kappa shape index (κ1) is 8.93. The fourth-order valence-corrected chi connectivity index (χ4v) is 2.67. The molecular formula is C12H18O2. The lowest BCUT2D eigenvalue weighted by Crippen LogP contribution is -2.28. The van der Waals surface area contributed by atoms with E-state index in [1.54, 1.807) is 0 Å². The summed E-state index contributed by atoms with van der Waals surface area (Å²) in [5, 5.41) is 0. The van der Waals surface area contributed by atoms with Gasteiger partial charge in [0.05, 0.1) is 6.10 Å². The molecule has 0 aromatic carbocycles. The monoisotopic (exact) mass is 194 g/mol. The third kappa shape index (κ3) is 1.41. The van der Waals surface area contributed by atoms with Crippen LogP contribution in [0.3, 0.4) is 0 Å². The summed E-state index contributed by atoms with van der Waals surface area (Å²) >= 11 is 0. The molecule has 0 radical (unpaired) electrons. The highest BCUT2D eigenvalue weighted by Crippen LogP contribution is 2.46. The van der Waals surface area contributed by atoms with Crippen molar-refractivity contribution in [3.63, 3.8) is 0 Å². The van der Waals surface area contributed by atoms with Crippen molar-refractivity contribution in [1.82, 2.24) is 0 Å². The highest BCUT2D eigenvalue weighted by atomic mass is 16.7. The molecule has 1 heterocycles. The maximum Gasteiger partial charge on any atom is 0.164 e. The average molecular weight is 194 g/mol. The minimum atomic E-state index is -0.367. The van der Waals surface area contributed by atoms with E-state index in [1.165, 1.54) is 24.8 Å². The number of ether oxygens (including phenoxy) is 2. The van der Waals surface area contributed by atoms with Gasteiger partial charge in [-0.15, -0.1) is 0 Å². The predicted octanol–water partition coefficient (Wildman–Crippen LogP) is 2.64. The molecule has 14 heavy (non-hydrogen) atoms. The zero-order chi connectivity index (χ0) is 9.76. The van der Waals surface area contributed by atoms with E-state index in [2.05, 4.69) is 6.08 Å². The van der Waals surface area contributed by atoms with Gasteiger partial charge in [0.25, 0.3) is 0 Å². The molecule has 0 unspecified atom stereocenters. The van der Waals surface area contributed by atoms with E-state index >= 15 is 0 Å². The maximum atomic E-state index is 5.98. The minimum Gasteiger partial charge on any atom is -0.344 e. The van der Waals surface area contributed by atoms with Gasteiger partial charge in [-0.05, 0) is 51.0 Å². The van der Waals surface area contributed by atoms with Crippen molar-refractivity contribution in [2.24, 2.45) is 5.92 Å². The van der Waals surface area contributed by atoms with Crippen LogP contribution in [-0.4, -0.2) is 18.0 Å². The summed E-state index contributed by atoms with van der Waals surface area (Å²) in [5.74, 6) is 0.452. The van der Waals surface area contributed by atoms with Crippen LogP contribution in [0, 0.1) is 5.92 Å². The number of rotatable bonds is 1. The van der Waals surface area contributed by atoms with Crippen molar-refractivity contribution in [3.8, 4) is 0 Å². The lowest BCUT2D eigenvalue weighted by molar-refractivity contribution is -0.143. The number of hydrogen-bond donors (Lipinski definition) is 0. The van der Waals surface area contributed by atoms with E-state index in [0.29, 0.717) is 6.10 Å². The summed E-state index contributed by atoms with van der Waals surface area (Å²) in [6.45, 7) is 4.05. The van der Waals surface area contributed by atoms with Crippen LogP contribution in [0.4, 0.5) is 0 Å². The van der Waals surface area contributed by atoms with Crippen molar-refractivity contribution in [2.45, 2.75) is 57.5 Å². The van der Waals surface area contributed by atoms with Gasteiger partial charge in [-0.2, -0.15) is 0 Å². The molecule has 0 amide bonds. The van der Waals surface area contributed by atoms with Crippen LogP contribution in [0.5, 0.6) is 0 Å². The van der Waals surface area contributed by atoms with Crippen molar-refractivity contribution >= 4 is 0 Å². The van der Waals surface area contributed by atoms with E-state index in [4.69, 9.17) is 9.47 Å². The summed E-state index contributed by atoms with van der Waals surface area (Å²) in [6.07, 6.45) is 8.01.